The maximum absolute atomic E-state index is 4.44. The number of H-pyrrole nitrogens is 1. The van der Waals surface area contributed by atoms with E-state index in [0.717, 1.165) is 22.1 Å². The first-order chi connectivity index (χ1) is 8.15. The van der Waals surface area contributed by atoms with Crippen molar-refractivity contribution in [3.8, 4) is 0 Å². The second-order valence-corrected chi connectivity index (χ2v) is 4.38. The Kier molecular flexibility index (Phi) is 2.01. The fourth-order valence-corrected chi connectivity index (χ4v) is 1.87. The lowest BCUT2D eigenvalue weighted by Gasteiger charge is -2.07. The van der Waals surface area contributed by atoms with Gasteiger partial charge in [-0.25, -0.2) is 0 Å². The summed E-state index contributed by atoms with van der Waals surface area (Å²) in [6.07, 6.45) is 0. The Hall–Kier alpha value is -2.17. The Labute approximate surface area is 98.5 Å². The molecule has 5 nitrogen and oxygen atoms in total. The van der Waals surface area contributed by atoms with E-state index in [1.807, 2.05) is 25.1 Å². The van der Waals surface area contributed by atoms with Gasteiger partial charge in [-0.3, -0.25) is 0 Å². The number of hydrogen-bond acceptors (Lipinski definition) is 4. The van der Waals surface area contributed by atoms with Gasteiger partial charge < -0.3 is 9.88 Å². The minimum Gasteiger partial charge on any atom is -0.346 e. The van der Waals surface area contributed by atoms with Crippen molar-refractivity contribution in [1.82, 2.24) is 20.2 Å². The third kappa shape index (κ3) is 1.51. The second-order valence-electron chi connectivity index (χ2n) is 4.38. The van der Waals surface area contributed by atoms with Gasteiger partial charge in [-0.15, -0.1) is 10.2 Å². The summed E-state index contributed by atoms with van der Waals surface area (Å²) in [4.78, 5) is 9.54. The largest absolute Gasteiger partial charge is 0.346 e. The van der Waals surface area contributed by atoms with Gasteiger partial charge in [-0.1, -0.05) is 11.6 Å². The number of hydrogen-bond donors (Lipinski definition) is 1. The molecule has 3 rings (SSSR count). The molecule has 0 saturated heterocycles. The molecule has 86 valence electrons. The number of aromatic nitrogens is 4. The van der Waals surface area contributed by atoms with Crippen LogP contribution < -0.4 is 4.90 Å². The third-order valence-corrected chi connectivity index (χ3v) is 2.76. The minimum absolute atomic E-state index is 0.612. The second kappa shape index (κ2) is 3.41. The Morgan fingerprint density at radius 3 is 2.76 bits per heavy atom. The van der Waals surface area contributed by atoms with Crippen molar-refractivity contribution in [2.24, 2.45) is 0 Å². The molecule has 0 aliphatic rings. The average molecular weight is 227 g/mol. The number of rotatable bonds is 1. The number of aromatic amines is 1. The molecule has 17 heavy (non-hydrogen) atoms. The molecule has 0 radical (unpaired) electrons. The van der Waals surface area contributed by atoms with Gasteiger partial charge in [-0.05, 0) is 19.1 Å². The van der Waals surface area contributed by atoms with E-state index in [2.05, 4.69) is 39.2 Å². The van der Waals surface area contributed by atoms with Crippen molar-refractivity contribution in [2.45, 2.75) is 6.92 Å². The molecule has 2 heterocycles. The van der Waals surface area contributed by atoms with Crippen molar-refractivity contribution in [3.63, 3.8) is 0 Å². The van der Waals surface area contributed by atoms with E-state index in [1.54, 1.807) is 0 Å². The monoisotopic (exact) mass is 227 g/mol. The summed E-state index contributed by atoms with van der Waals surface area (Å²) in [5.74, 6) is 0.612. The normalized spacial score (nSPS) is 11.2. The van der Waals surface area contributed by atoms with Gasteiger partial charge in [0.2, 0.25) is 5.95 Å². The number of benzene rings is 1. The molecule has 0 aliphatic heterocycles. The van der Waals surface area contributed by atoms with Crippen molar-refractivity contribution in [1.29, 1.82) is 0 Å². The third-order valence-electron chi connectivity index (χ3n) is 2.76. The van der Waals surface area contributed by atoms with Crippen LogP contribution in [-0.2, 0) is 0 Å². The summed E-state index contributed by atoms with van der Waals surface area (Å²) in [5, 5.41) is 9.42. The van der Waals surface area contributed by atoms with Crippen molar-refractivity contribution >= 4 is 28.0 Å². The standard InChI is InChI=1S/C12H13N5/c1-7-4-5-9-8(6-7)10-11(13-9)14-12(16-15-10)17(2)3/h4-6H,1-3H3,(H,13,14,16). The summed E-state index contributed by atoms with van der Waals surface area (Å²) < 4.78 is 0. The Morgan fingerprint density at radius 2 is 2.00 bits per heavy atom. The lowest BCUT2D eigenvalue weighted by atomic mass is 10.2. The molecule has 2 aromatic heterocycles. The van der Waals surface area contributed by atoms with Crippen LogP contribution in [0.5, 0.6) is 0 Å². The van der Waals surface area contributed by atoms with Crippen LogP contribution in [0.2, 0.25) is 0 Å². The summed E-state index contributed by atoms with van der Waals surface area (Å²) >= 11 is 0. The van der Waals surface area contributed by atoms with Crippen LogP contribution in [-0.4, -0.2) is 34.3 Å². The summed E-state index contributed by atoms with van der Waals surface area (Å²) in [7, 11) is 3.80. The number of anilines is 1. The van der Waals surface area contributed by atoms with Crippen LogP contribution in [0.3, 0.4) is 0 Å². The van der Waals surface area contributed by atoms with Crippen molar-refractivity contribution in [2.75, 3.05) is 19.0 Å². The van der Waals surface area contributed by atoms with Gasteiger partial charge in [0.25, 0.3) is 0 Å². The molecule has 0 fully saturated rings. The first-order valence-corrected chi connectivity index (χ1v) is 5.45. The SMILES string of the molecule is Cc1ccc2[nH]c3nc(N(C)C)nnc3c2c1. The topological polar surface area (TPSA) is 57.7 Å². The molecular formula is C12H13N5. The van der Waals surface area contributed by atoms with Crippen LogP contribution in [0.4, 0.5) is 5.95 Å². The molecule has 0 amide bonds. The molecule has 0 saturated carbocycles. The van der Waals surface area contributed by atoms with Gasteiger partial charge in [0, 0.05) is 25.0 Å². The fraction of sp³-hybridized carbons (Fsp3) is 0.250. The zero-order chi connectivity index (χ0) is 12.0. The van der Waals surface area contributed by atoms with E-state index in [4.69, 9.17) is 0 Å². The van der Waals surface area contributed by atoms with Crippen LogP contribution in [0.15, 0.2) is 18.2 Å². The highest BCUT2D eigenvalue weighted by Crippen LogP contribution is 2.23. The average Bonchev–Trinajstić information content (AvgIpc) is 2.66. The lowest BCUT2D eigenvalue weighted by Crippen LogP contribution is -2.13. The highest BCUT2D eigenvalue weighted by atomic mass is 15.3. The van der Waals surface area contributed by atoms with Gasteiger partial charge >= 0.3 is 0 Å². The molecule has 0 atom stereocenters. The molecule has 1 N–H and O–H groups in total. The van der Waals surface area contributed by atoms with E-state index < -0.39 is 0 Å². The van der Waals surface area contributed by atoms with Gasteiger partial charge in [-0.2, -0.15) is 4.98 Å². The van der Waals surface area contributed by atoms with E-state index in [9.17, 15) is 0 Å². The Balaban J connectivity index is 2.36. The molecule has 5 heteroatoms. The first-order valence-electron chi connectivity index (χ1n) is 5.45. The van der Waals surface area contributed by atoms with Gasteiger partial charge in [0.05, 0.1) is 0 Å². The van der Waals surface area contributed by atoms with E-state index in [0.29, 0.717) is 5.95 Å². The molecule has 1 aromatic carbocycles. The lowest BCUT2D eigenvalue weighted by molar-refractivity contribution is 0.938. The smallest absolute Gasteiger partial charge is 0.246 e. The van der Waals surface area contributed by atoms with Crippen LogP contribution in [0.25, 0.3) is 22.1 Å². The molecule has 3 aromatic rings. The fourth-order valence-electron chi connectivity index (χ4n) is 1.87. The predicted octanol–water partition coefficient (Wildman–Crippen LogP) is 1.88. The van der Waals surface area contributed by atoms with E-state index in [1.165, 1.54) is 5.56 Å². The van der Waals surface area contributed by atoms with Crippen LogP contribution in [0.1, 0.15) is 5.56 Å². The number of nitrogens with zero attached hydrogens (tertiary/aromatic N) is 4. The molecule has 0 aliphatic carbocycles. The summed E-state index contributed by atoms with van der Waals surface area (Å²) in [5.41, 5.74) is 3.86. The quantitative estimate of drug-likeness (QED) is 0.689. The van der Waals surface area contributed by atoms with Crippen LogP contribution in [0, 0.1) is 6.92 Å². The number of nitrogens with one attached hydrogen (secondary N) is 1. The zero-order valence-corrected chi connectivity index (χ0v) is 10.0. The highest BCUT2D eigenvalue weighted by Gasteiger charge is 2.09. The summed E-state index contributed by atoms with van der Waals surface area (Å²) in [6, 6.07) is 6.21. The van der Waals surface area contributed by atoms with Gasteiger partial charge in [0.15, 0.2) is 5.65 Å². The number of aryl methyl sites for hydroxylation is 1. The predicted molar refractivity (Wildman–Crippen MR) is 68.3 cm³/mol. The molecule has 0 unspecified atom stereocenters. The zero-order valence-electron chi connectivity index (χ0n) is 10.0. The first kappa shape index (κ1) is 10.0. The van der Waals surface area contributed by atoms with Crippen molar-refractivity contribution in [3.05, 3.63) is 23.8 Å². The van der Waals surface area contributed by atoms with E-state index in [-0.39, 0.29) is 0 Å². The molecule has 0 spiro atoms. The summed E-state index contributed by atoms with van der Waals surface area (Å²) in [6.45, 7) is 2.06. The molecular weight excluding hydrogens is 214 g/mol. The minimum atomic E-state index is 0.612. The van der Waals surface area contributed by atoms with Crippen molar-refractivity contribution < 1.29 is 0 Å². The van der Waals surface area contributed by atoms with Crippen LogP contribution >= 0.6 is 0 Å². The highest BCUT2D eigenvalue weighted by molar-refractivity contribution is 6.03. The Bertz CT molecular complexity index is 699. The Morgan fingerprint density at radius 1 is 1.18 bits per heavy atom. The maximum atomic E-state index is 4.44. The molecule has 0 bridgehead atoms. The van der Waals surface area contributed by atoms with Gasteiger partial charge in [0.1, 0.15) is 5.52 Å². The maximum Gasteiger partial charge on any atom is 0.246 e. The van der Waals surface area contributed by atoms with E-state index >= 15 is 0 Å². The number of fused-ring (bicyclic) bond motifs is 3.